The van der Waals surface area contributed by atoms with Crippen molar-refractivity contribution in [2.75, 3.05) is 0 Å². The second-order valence-electron chi connectivity index (χ2n) is 24.4. The van der Waals surface area contributed by atoms with Crippen molar-refractivity contribution in [2.24, 2.45) is 0 Å². The van der Waals surface area contributed by atoms with Gasteiger partial charge >= 0.3 is 0 Å². The average molecular weight is 1220 g/mol. The lowest BCUT2D eigenvalue weighted by atomic mass is 9.91. The third-order valence-electron chi connectivity index (χ3n) is 19.0. The summed E-state index contributed by atoms with van der Waals surface area (Å²) in [4.78, 5) is 20.8. The summed E-state index contributed by atoms with van der Waals surface area (Å²) in [7, 11) is 0. The van der Waals surface area contributed by atoms with Crippen LogP contribution in [0.4, 0.5) is 17.6 Å². The molecule has 0 bridgehead atoms. The highest BCUT2D eigenvalue weighted by atomic mass is 19.3. The van der Waals surface area contributed by atoms with E-state index in [0.29, 0.717) is 62.0 Å². The Morgan fingerprint density at radius 1 is 0.191 bits per heavy atom. The normalized spacial score (nSPS) is 13.3. The van der Waals surface area contributed by atoms with Crippen molar-refractivity contribution in [2.45, 2.75) is 11.8 Å². The van der Waals surface area contributed by atoms with Crippen molar-refractivity contribution in [3.63, 3.8) is 0 Å². The van der Waals surface area contributed by atoms with Gasteiger partial charge in [-0.05, 0) is 147 Å². The number of halogens is 4. The molecule has 0 amide bonds. The van der Waals surface area contributed by atoms with Gasteiger partial charge < -0.3 is 0 Å². The molecule has 16 aromatic rings. The van der Waals surface area contributed by atoms with Crippen molar-refractivity contribution < 1.29 is 17.6 Å². The molecule has 18 rings (SSSR count). The molecule has 2 aliphatic rings. The van der Waals surface area contributed by atoms with Crippen LogP contribution in [0.3, 0.4) is 0 Å². The Morgan fingerprint density at radius 2 is 0.553 bits per heavy atom. The van der Waals surface area contributed by atoms with Crippen molar-refractivity contribution in [3.8, 4) is 123 Å². The molecule has 0 fully saturated rings. The summed E-state index contributed by atoms with van der Waals surface area (Å²) in [6.07, 6.45) is 0. The predicted octanol–water partition coefficient (Wildman–Crippen LogP) is 23.1. The summed E-state index contributed by atoms with van der Waals surface area (Å²) in [6, 6.07) is 98.1. The molecule has 0 saturated carbocycles. The van der Waals surface area contributed by atoms with Gasteiger partial charge in [0.05, 0.1) is 22.8 Å². The van der Waals surface area contributed by atoms with Crippen LogP contribution in [-0.4, -0.2) is 19.9 Å². The first kappa shape index (κ1) is 54.9. The monoisotopic (exact) mass is 1210 g/mol. The molecule has 442 valence electrons. The van der Waals surface area contributed by atoms with Crippen molar-refractivity contribution >= 4 is 43.1 Å². The molecular formula is C86H50F4N4. The van der Waals surface area contributed by atoms with E-state index in [4.69, 9.17) is 19.9 Å². The second-order valence-corrected chi connectivity index (χ2v) is 24.4. The first-order chi connectivity index (χ1) is 46.1. The fourth-order valence-electron chi connectivity index (χ4n) is 14.3. The molecule has 0 radical (unpaired) electrons. The van der Waals surface area contributed by atoms with Gasteiger partial charge in [-0.15, -0.1) is 0 Å². The van der Waals surface area contributed by atoms with E-state index < -0.39 is 11.8 Å². The van der Waals surface area contributed by atoms with Gasteiger partial charge in [0.25, 0.3) is 11.8 Å². The molecule has 0 aliphatic heterocycles. The van der Waals surface area contributed by atoms with Gasteiger partial charge in [0, 0.05) is 55.6 Å². The molecule has 0 saturated heterocycles. The van der Waals surface area contributed by atoms with Crippen LogP contribution in [0.15, 0.2) is 303 Å². The maximum atomic E-state index is 17.4. The number of rotatable bonds is 9. The fraction of sp³-hybridized carbons (Fsp3) is 0.0233. The van der Waals surface area contributed by atoms with Crippen molar-refractivity contribution in [1.29, 1.82) is 0 Å². The Hall–Kier alpha value is -12.0. The summed E-state index contributed by atoms with van der Waals surface area (Å²) >= 11 is 0. The highest BCUT2D eigenvalue weighted by molar-refractivity contribution is 6.07. The van der Waals surface area contributed by atoms with Crippen molar-refractivity contribution in [1.82, 2.24) is 19.9 Å². The van der Waals surface area contributed by atoms with E-state index in [1.165, 1.54) is 6.07 Å². The molecule has 2 aromatic heterocycles. The Labute approximate surface area is 538 Å². The maximum absolute atomic E-state index is 17.4. The zero-order chi connectivity index (χ0) is 62.8. The average Bonchev–Trinajstić information content (AvgIpc) is 1.56. The first-order valence-electron chi connectivity index (χ1n) is 31.3. The fourth-order valence-corrected chi connectivity index (χ4v) is 14.3. The number of aromatic nitrogens is 4. The molecule has 14 aromatic carbocycles. The minimum absolute atomic E-state index is 0.00487. The van der Waals surface area contributed by atoms with E-state index in [-0.39, 0.29) is 22.3 Å². The van der Waals surface area contributed by atoms with Crippen LogP contribution in [0.1, 0.15) is 22.3 Å². The number of alkyl halides is 4. The molecule has 0 N–H and O–H groups in total. The van der Waals surface area contributed by atoms with Gasteiger partial charge in [-0.2, -0.15) is 17.6 Å². The van der Waals surface area contributed by atoms with Crippen LogP contribution in [0.25, 0.3) is 167 Å². The maximum Gasteiger partial charge on any atom is 0.299 e. The Morgan fingerprint density at radius 3 is 1.14 bits per heavy atom. The lowest BCUT2D eigenvalue weighted by Crippen LogP contribution is -2.11. The smallest absolute Gasteiger partial charge is 0.228 e. The molecular weight excluding hydrogens is 1160 g/mol. The molecule has 0 atom stereocenters. The van der Waals surface area contributed by atoms with E-state index in [1.807, 2.05) is 182 Å². The van der Waals surface area contributed by atoms with Crippen molar-refractivity contribution in [3.05, 3.63) is 326 Å². The van der Waals surface area contributed by atoms with Gasteiger partial charge in [-0.3, -0.25) is 0 Å². The van der Waals surface area contributed by atoms with Crippen LogP contribution in [0, 0.1) is 0 Å². The zero-order valence-electron chi connectivity index (χ0n) is 50.2. The van der Waals surface area contributed by atoms with Gasteiger partial charge in [0.2, 0.25) is 0 Å². The highest BCUT2D eigenvalue weighted by Gasteiger charge is 2.46. The molecule has 8 heteroatoms. The predicted molar refractivity (Wildman–Crippen MR) is 373 cm³/mol. The van der Waals surface area contributed by atoms with Crippen LogP contribution < -0.4 is 0 Å². The Bertz CT molecular complexity index is 5820. The lowest BCUT2D eigenvalue weighted by Gasteiger charge is -2.16. The van der Waals surface area contributed by atoms with E-state index in [2.05, 4.69) is 78.9 Å². The largest absolute Gasteiger partial charge is 0.299 e. The highest BCUT2D eigenvalue weighted by Crippen LogP contribution is 2.55. The molecule has 94 heavy (non-hydrogen) atoms. The molecule has 0 unspecified atom stereocenters. The summed E-state index contributed by atoms with van der Waals surface area (Å²) in [5.74, 6) is -5.33. The molecule has 4 nitrogen and oxygen atoms in total. The lowest BCUT2D eigenvalue weighted by molar-refractivity contribution is 0.0475. The van der Waals surface area contributed by atoms with E-state index >= 15 is 17.6 Å². The van der Waals surface area contributed by atoms with Crippen LogP contribution in [-0.2, 0) is 11.8 Å². The number of nitrogens with zero attached hydrogens (tertiary/aromatic N) is 4. The molecule has 2 aliphatic carbocycles. The molecule has 0 spiro atoms. The van der Waals surface area contributed by atoms with Crippen LogP contribution in [0.2, 0.25) is 0 Å². The summed E-state index contributed by atoms with van der Waals surface area (Å²) in [5.41, 5.74) is 14.7. The van der Waals surface area contributed by atoms with Crippen LogP contribution >= 0.6 is 0 Å². The first-order valence-corrected chi connectivity index (χ1v) is 31.3. The number of hydrogen-bond acceptors (Lipinski definition) is 4. The topological polar surface area (TPSA) is 51.6 Å². The number of benzene rings is 14. The van der Waals surface area contributed by atoms with Gasteiger partial charge in [-0.25, -0.2) is 19.9 Å². The standard InChI is InChI=1S/C86H50F4N4/c87-85(88)75-25-13-12-24-69(75)70-38-35-59(47-77(70)85)64-41-43-74(68-23-11-9-21-66(64)68)84-92-79(49-80(93-84)61-32-28-51-14-4-6-18-56(51)44-61)54-30-26-53(27-31-54)58-34-37-71-72-39-36-60(48-78(72)86(89,90)76(71)46-58)63-40-42-73(67-22-10-8-20-65(63)67)82-50-81(91-83(94-82)55-16-2-1-3-17-55)62-33-29-52-15-5-7-19-57(52)45-62/h1-50H. The van der Waals surface area contributed by atoms with Gasteiger partial charge in [0.15, 0.2) is 11.6 Å². The zero-order valence-corrected chi connectivity index (χ0v) is 50.2. The third kappa shape index (κ3) is 8.96. The Kier molecular flexibility index (Phi) is 12.4. The van der Waals surface area contributed by atoms with E-state index in [0.717, 1.165) is 105 Å². The quantitative estimate of drug-likeness (QED) is 0.135. The van der Waals surface area contributed by atoms with E-state index in [1.54, 1.807) is 36.4 Å². The van der Waals surface area contributed by atoms with E-state index in [9.17, 15) is 0 Å². The summed E-state index contributed by atoms with van der Waals surface area (Å²) in [6.45, 7) is 0. The summed E-state index contributed by atoms with van der Waals surface area (Å²) < 4.78 is 66.9. The van der Waals surface area contributed by atoms with Gasteiger partial charge in [-0.1, -0.05) is 255 Å². The SMILES string of the molecule is FC1(F)c2cc(-c3ccc(-c4cc(-c5ccc6ccccc6c5)nc(-c5ccc(-c6ccc7c(c6)C(F)(F)c6ccccc6-7)c6ccccc56)n4)cc3)ccc2-c2ccc(-c3ccc(-c4cc(-c5ccc6ccccc6c5)nc(-c5ccccc5)n4)c4ccccc34)cc21. The molecule has 2 heterocycles. The van der Waals surface area contributed by atoms with Gasteiger partial charge in [0.1, 0.15) is 0 Å². The third-order valence-corrected chi connectivity index (χ3v) is 19.0. The minimum atomic E-state index is -3.29. The minimum Gasteiger partial charge on any atom is -0.228 e. The number of fused-ring (bicyclic) bond motifs is 10. The Balaban J connectivity index is 0.675. The second kappa shape index (κ2) is 21.3. The van der Waals surface area contributed by atoms with Crippen LogP contribution in [0.5, 0.6) is 0 Å². The number of hydrogen-bond donors (Lipinski definition) is 0. The summed E-state index contributed by atoms with van der Waals surface area (Å²) in [5, 5.41) is 8.02.